The molecular formula is C29H37N7S2. The van der Waals surface area contributed by atoms with E-state index in [1.807, 2.05) is 28.9 Å². The second-order valence-electron chi connectivity index (χ2n) is 10.4. The molecule has 38 heavy (non-hydrogen) atoms. The van der Waals surface area contributed by atoms with Gasteiger partial charge in [0.2, 0.25) is 0 Å². The first-order valence-corrected chi connectivity index (χ1v) is 15.4. The normalized spacial score (nSPS) is 15.8. The number of thiazole rings is 1. The maximum absolute atomic E-state index is 5.13. The van der Waals surface area contributed by atoms with Crippen LogP contribution in [0.3, 0.4) is 0 Å². The number of nitrogens with zero attached hydrogens (tertiary/aromatic N) is 3. The van der Waals surface area contributed by atoms with Crippen LogP contribution in [-0.2, 0) is 13.0 Å². The first-order chi connectivity index (χ1) is 18.7. The van der Waals surface area contributed by atoms with Gasteiger partial charge in [0.1, 0.15) is 10.8 Å². The lowest BCUT2D eigenvalue weighted by atomic mass is 10.0. The molecule has 3 aromatic heterocycles. The molecule has 1 fully saturated rings. The zero-order valence-corrected chi connectivity index (χ0v) is 23.9. The third kappa shape index (κ3) is 5.58. The van der Waals surface area contributed by atoms with Crippen LogP contribution in [0.4, 0.5) is 10.8 Å². The number of fused-ring (bicyclic) bond motifs is 2. The van der Waals surface area contributed by atoms with E-state index in [1.54, 1.807) is 0 Å². The Morgan fingerprint density at radius 2 is 1.87 bits per heavy atom. The Balaban J connectivity index is 1.25. The lowest BCUT2D eigenvalue weighted by Crippen LogP contribution is -2.43. The van der Waals surface area contributed by atoms with Crippen LogP contribution < -0.4 is 26.2 Å². The molecule has 1 aromatic carbocycles. The number of thiophene rings is 1. The van der Waals surface area contributed by atoms with Crippen molar-refractivity contribution in [3.8, 4) is 21.7 Å². The van der Waals surface area contributed by atoms with E-state index >= 15 is 0 Å². The highest BCUT2D eigenvalue weighted by Gasteiger charge is 2.24. The summed E-state index contributed by atoms with van der Waals surface area (Å²) in [5, 5.41) is 16.6. The number of hydrogen-bond donors (Lipinski definition) is 4. The lowest BCUT2D eigenvalue weighted by Gasteiger charge is -2.28. The summed E-state index contributed by atoms with van der Waals surface area (Å²) in [6.07, 6.45) is 4.17. The van der Waals surface area contributed by atoms with E-state index in [0.717, 1.165) is 87.1 Å². The second-order valence-corrected chi connectivity index (χ2v) is 12.5. The molecule has 0 radical (unpaired) electrons. The second kappa shape index (κ2) is 11.7. The average Bonchev–Trinajstić information content (AvgIpc) is 3.53. The topological polar surface area (TPSA) is 77.1 Å². The van der Waals surface area contributed by atoms with Crippen molar-refractivity contribution in [1.82, 2.24) is 25.9 Å². The number of rotatable bonds is 9. The summed E-state index contributed by atoms with van der Waals surface area (Å²) in [6.45, 7) is 12.4. The summed E-state index contributed by atoms with van der Waals surface area (Å²) in [5.74, 6) is 1.06. The molecule has 2 aliphatic rings. The Labute approximate surface area is 233 Å². The van der Waals surface area contributed by atoms with Crippen LogP contribution in [0.25, 0.3) is 31.9 Å². The van der Waals surface area contributed by atoms with Crippen molar-refractivity contribution < 1.29 is 0 Å². The van der Waals surface area contributed by atoms with Crippen LogP contribution in [0, 0.1) is 0 Å². The summed E-state index contributed by atoms with van der Waals surface area (Å²) in [7, 11) is 0. The predicted molar refractivity (Wildman–Crippen MR) is 163 cm³/mol. The van der Waals surface area contributed by atoms with Gasteiger partial charge in [-0.3, -0.25) is 0 Å². The van der Waals surface area contributed by atoms with E-state index in [9.17, 15) is 0 Å². The lowest BCUT2D eigenvalue weighted by molar-refractivity contribution is 0.578. The quantitative estimate of drug-likeness (QED) is 0.221. The average molecular weight is 548 g/mol. The van der Waals surface area contributed by atoms with Crippen molar-refractivity contribution in [2.75, 3.05) is 56.0 Å². The molecule has 4 N–H and O–H groups in total. The van der Waals surface area contributed by atoms with Crippen molar-refractivity contribution in [2.45, 2.75) is 39.3 Å². The Kier molecular flexibility index (Phi) is 7.90. The summed E-state index contributed by atoms with van der Waals surface area (Å²) < 4.78 is 1.23. The van der Waals surface area contributed by atoms with Gasteiger partial charge in [0.05, 0.1) is 15.2 Å². The zero-order valence-electron chi connectivity index (χ0n) is 22.3. The van der Waals surface area contributed by atoms with Gasteiger partial charge in [-0.1, -0.05) is 19.9 Å². The first-order valence-electron chi connectivity index (χ1n) is 13.8. The van der Waals surface area contributed by atoms with Crippen LogP contribution in [-0.4, -0.2) is 61.8 Å². The molecule has 0 saturated carbocycles. The van der Waals surface area contributed by atoms with Gasteiger partial charge in [-0.05, 0) is 61.3 Å². The molecule has 6 rings (SSSR count). The maximum atomic E-state index is 5.13. The van der Waals surface area contributed by atoms with E-state index in [4.69, 9.17) is 9.97 Å². The SMILES string of the molecule is CC(C)NCCCNc1sc2c(c1-c1nc3ccc(-c4ccc(N5CCNCC5)nc4)cc3s1)CCNC2. The van der Waals surface area contributed by atoms with Crippen LogP contribution in [0.5, 0.6) is 0 Å². The number of benzene rings is 1. The Morgan fingerprint density at radius 1 is 1.00 bits per heavy atom. The zero-order chi connectivity index (χ0) is 25.9. The fourth-order valence-corrected chi connectivity index (χ4v) is 7.61. The first kappa shape index (κ1) is 25.7. The molecule has 0 bridgehead atoms. The van der Waals surface area contributed by atoms with E-state index < -0.39 is 0 Å². The molecule has 7 nitrogen and oxygen atoms in total. The highest BCUT2D eigenvalue weighted by molar-refractivity contribution is 7.22. The van der Waals surface area contributed by atoms with Crippen LogP contribution in [0.15, 0.2) is 36.5 Å². The standard InChI is InChI=1S/C29H37N7S2/c1-19(2)32-9-3-10-33-28-27(22-8-11-31-18-25(22)38-28)29-35-23-6-4-20(16-24(23)37-29)21-5-7-26(34-17-21)36-14-12-30-13-15-36/h4-7,16-17,19,30-33H,3,8-15,18H2,1-2H3. The largest absolute Gasteiger partial charge is 0.376 e. The third-order valence-corrected chi connectivity index (χ3v) is 9.47. The number of hydrogen-bond acceptors (Lipinski definition) is 9. The number of aromatic nitrogens is 2. The van der Waals surface area contributed by atoms with Gasteiger partial charge >= 0.3 is 0 Å². The van der Waals surface area contributed by atoms with Gasteiger partial charge in [0.25, 0.3) is 0 Å². The number of pyridine rings is 1. The summed E-state index contributed by atoms with van der Waals surface area (Å²) in [5.41, 5.74) is 6.22. The molecule has 9 heteroatoms. The predicted octanol–water partition coefficient (Wildman–Crippen LogP) is 4.94. The molecule has 0 amide bonds. The van der Waals surface area contributed by atoms with Crippen molar-refractivity contribution in [3.63, 3.8) is 0 Å². The smallest absolute Gasteiger partial charge is 0.128 e. The minimum Gasteiger partial charge on any atom is -0.376 e. The molecule has 2 aliphatic heterocycles. The molecule has 4 aromatic rings. The molecular weight excluding hydrogens is 511 g/mol. The summed E-state index contributed by atoms with van der Waals surface area (Å²) in [4.78, 5) is 13.7. The monoisotopic (exact) mass is 547 g/mol. The summed E-state index contributed by atoms with van der Waals surface area (Å²) in [6, 6.07) is 11.5. The van der Waals surface area contributed by atoms with E-state index in [0.29, 0.717) is 6.04 Å². The van der Waals surface area contributed by atoms with Gasteiger partial charge in [-0.15, -0.1) is 22.7 Å². The highest BCUT2D eigenvalue weighted by atomic mass is 32.1. The van der Waals surface area contributed by atoms with Crippen LogP contribution in [0.1, 0.15) is 30.7 Å². The molecule has 1 saturated heterocycles. The van der Waals surface area contributed by atoms with Gasteiger partial charge in [-0.2, -0.15) is 0 Å². The Hall–Kier alpha value is -2.56. The van der Waals surface area contributed by atoms with Gasteiger partial charge in [0, 0.05) is 67.5 Å². The molecule has 0 atom stereocenters. The van der Waals surface area contributed by atoms with Gasteiger partial charge in [0.15, 0.2) is 0 Å². The van der Waals surface area contributed by atoms with E-state index in [2.05, 4.69) is 70.3 Å². The van der Waals surface area contributed by atoms with Gasteiger partial charge < -0.3 is 26.2 Å². The van der Waals surface area contributed by atoms with Gasteiger partial charge in [-0.25, -0.2) is 9.97 Å². The van der Waals surface area contributed by atoms with Crippen LogP contribution >= 0.6 is 22.7 Å². The van der Waals surface area contributed by atoms with Crippen LogP contribution in [0.2, 0.25) is 0 Å². The van der Waals surface area contributed by atoms with E-state index in [1.165, 1.54) is 31.3 Å². The van der Waals surface area contributed by atoms with E-state index in [-0.39, 0.29) is 0 Å². The number of piperazine rings is 1. The maximum Gasteiger partial charge on any atom is 0.128 e. The molecule has 0 spiro atoms. The number of anilines is 2. The molecule has 0 aliphatic carbocycles. The Bertz CT molecular complexity index is 1370. The van der Waals surface area contributed by atoms with Crippen molar-refractivity contribution >= 4 is 43.7 Å². The summed E-state index contributed by atoms with van der Waals surface area (Å²) >= 11 is 3.71. The van der Waals surface area contributed by atoms with Crippen molar-refractivity contribution in [2.24, 2.45) is 0 Å². The molecule has 5 heterocycles. The molecule has 0 unspecified atom stereocenters. The highest BCUT2D eigenvalue weighted by Crippen LogP contribution is 2.45. The fraction of sp³-hybridized carbons (Fsp3) is 0.448. The van der Waals surface area contributed by atoms with Crippen molar-refractivity contribution in [1.29, 1.82) is 0 Å². The minimum atomic E-state index is 0.527. The Morgan fingerprint density at radius 3 is 2.68 bits per heavy atom. The molecule has 200 valence electrons. The third-order valence-electron chi connectivity index (χ3n) is 7.24. The minimum absolute atomic E-state index is 0.527. The fourth-order valence-electron chi connectivity index (χ4n) is 5.22. The number of nitrogens with one attached hydrogen (secondary N) is 4. The van der Waals surface area contributed by atoms with Crippen molar-refractivity contribution in [3.05, 3.63) is 47.0 Å².